The van der Waals surface area contributed by atoms with Gasteiger partial charge >= 0.3 is 0 Å². The first-order valence-electron chi connectivity index (χ1n) is 8.99. The molecule has 2 aromatic heterocycles. The average Bonchev–Trinajstić information content (AvgIpc) is 3.07. The molecule has 4 rings (SSSR count). The lowest BCUT2D eigenvalue weighted by Gasteiger charge is -2.08. The van der Waals surface area contributed by atoms with Gasteiger partial charge in [-0.2, -0.15) is 5.10 Å². The summed E-state index contributed by atoms with van der Waals surface area (Å²) in [5.41, 5.74) is 6.68. The van der Waals surface area contributed by atoms with E-state index in [1.165, 1.54) is 23.3 Å². The van der Waals surface area contributed by atoms with E-state index < -0.39 is 0 Å². The second-order valence-electron chi connectivity index (χ2n) is 6.74. The lowest BCUT2D eigenvalue weighted by molar-refractivity contribution is 0.627. The fraction of sp³-hybridized carbons (Fsp3) is 0.136. The van der Waals surface area contributed by atoms with E-state index in [0.717, 1.165) is 28.3 Å². The SMILES string of the molecule is Cc1ccc(Nc2nccc(-c3cn(-c4ccc(F)cc4)nc3C)n2)cc1C. The van der Waals surface area contributed by atoms with Crippen LogP contribution in [0, 0.1) is 26.6 Å². The van der Waals surface area contributed by atoms with Gasteiger partial charge in [0.15, 0.2) is 0 Å². The van der Waals surface area contributed by atoms with Crippen molar-refractivity contribution >= 4 is 11.6 Å². The normalized spacial score (nSPS) is 10.9. The van der Waals surface area contributed by atoms with Crippen LogP contribution in [0.5, 0.6) is 0 Å². The highest BCUT2D eigenvalue weighted by Gasteiger charge is 2.11. The number of nitrogens with one attached hydrogen (secondary N) is 1. The molecule has 0 fully saturated rings. The van der Waals surface area contributed by atoms with Crippen molar-refractivity contribution in [2.45, 2.75) is 20.8 Å². The molecular formula is C22H20FN5. The quantitative estimate of drug-likeness (QED) is 0.538. The van der Waals surface area contributed by atoms with E-state index in [-0.39, 0.29) is 5.82 Å². The standard InChI is InChI=1S/C22H20FN5/c1-14-4-7-18(12-15(14)2)25-22-24-11-10-21(26-22)20-13-28(27-16(20)3)19-8-5-17(23)6-9-19/h4-13H,1-3H3,(H,24,25,26). The van der Waals surface area contributed by atoms with Crippen LogP contribution in [-0.2, 0) is 0 Å². The van der Waals surface area contributed by atoms with Crippen LogP contribution in [-0.4, -0.2) is 19.7 Å². The second kappa shape index (κ2) is 7.23. The van der Waals surface area contributed by atoms with Crippen molar-refractivity contribution in [2.75, 3.05) is 5.32 Å². The van der Waals surface area contributed by atoms with Crippen LogP contribution < -0.4 is 5.32 Å². The van der Waals surface area contributed by atoms with Gasteiger partial charge in [0.2, 0.25) is 5.95 Å². The number of aromatic nitrogens is 4. The van der Waals surface area contributed by atoms with Crippen molar-refractivity contribution in [2.24, 2.45) is 0 Å². The third-order valence-corrected chi connectivity index (χ3v) is 4.68. The smallest absolute Gasteiger partial charge is 0.227 e. The maximum Gasteiger partial charge on any atom is 0.227 e. The molecule has 0 atom stereocenters. The number of hydrogen-bond donors (Lipinski definition) is 1. The van der Waals surface area contributed by atoms with E-state index in [4.69, 9.17) is 0 Å². The lowest BCUT2D eigenvalue weighted by atomic mass is 10.1. The molecule has 0 saturated carbocycles. The molecular weight excluding hydrogens is 353 g/mol. The molecule has 2 heterocycles. The van der Waals surface area contributed by atoms with Crippen LogP contribution in [0.3, 0.4) is 0 Å². The molecule has 0 amide bonds. The zero-order valence-electron chi connectivity index (χ0n) is 15.9. The Morgan fingerprint density at radius 3 is 2.46 bits per heavy atom. The average molecular weight is 373 g/mol. The molecule has 0 aliphatic rings. The van der Waals surface area contributed by atoms with E-state index in [1.807, 2.05) is 25.3 Å². The highest BCUT2D eigenvalue weighted by atomic mass is 19.1. The molecule has 0 bridgehead atoms. The number of rotatable bonds is 4. The van der Waals surface area contributed by atoms with Crippen LogP contribution in [0.25, 0.3) is 16.9 Å². The zero-order chi connectivity index (χ0) is 19.7. The largest absolute Gasteiger partial charge is 0.324 e. The first-order valence-corrected chi connectivity index (χ1v) is 8.99. The first-order chi connectivity index (χ1) is 13.5. The Morgan fingerprint density at radius 2 is 1.71 bits per heavy atom. The van der Waals surface area contributed by atoms with E-state index in [9.17, 15) is 4.39 Å². The maximum absolute atomic E-state index is 13.2. The van der Waals surface area contributed by atoms with Gasteiger partial charge in [-0.25, -0.2) is 19.0 Å². The van der Waals surface area contributed by atoms with Crippen molar-refractivity contribution in [1.29, 1.82) is 0 Å². The van der Waals surface area contributed by atoms with Gasteiger partial charge in [-0.05, 0) is 74.4 Å². The highest BCUT2D eigenvalue weighted by Crippen LogP contribution is 2.24. The van der Waals surface area contributed by atoms with Crippen LogP contribution in [0.15, 0.2) is 60.9 Å². The fourth-order valence-electron chi connectivity index (χ4n) is 2.95. The van der Waals surface area contributed by atoms with E-state index in [1.54, 1.807) is 23.0 Å². The fourth-order valence-corrected chi connectivity index (χ4v) is 2.95. The summed E-state index contributed by atoms with van der Waals surface area (Å²) < 4.78 is 14.9. The predicted molar refractivity (Wildman–Crippen MR) is 108 cm³/mol. The van der Waals surface area contributed by atoms with Crippen molar-refractivity contribution in [3.8, 4) is 16.9 Å². The Bertz CT molecular complexity index is 1130. The van der Waals surface area contributed by atoms with Gasteiger partial charge in [-0.1, -0.05) is 6.07 Å². The van der Waals surface area contributed by atoms with E-state index in [0.29, 0.717) is 5.95 Å². The number of halogens is 1. The molecule has 0 aliphatic heterocycles. The summed E-state index contributed by atoms with van der Waals surface area (Å²) in [6.07, 6.45) is 3.62. The van der Waals surface area contributed by atoms with E-state index in [2.05, 4.69) is 46.4 Å². The molecule has 6 heteroatoms. The summed E-state index contributed by atoms with van der Waals surface area (Å²) >= 11 is 0. The van der Waals surface area contributed by atoms with Crippen LogP contribution >= 0.6 is 0 Å². The van der Waals surface area contributed by atoms with Gasteiger partial charge in [0.05, 0.1) is 17.1 Å². The van der Waals surface area contributed by atoms with Gasteiger partial charge < -0.3 is 5.32 Å². The number of hydrogen-bond acceptors (Lipinski definition) is 4. The summed E-state index contributed by atoms with van der Waals surface area (Å²) in [4.78, 5) is 8.96. The third-order valence-electron chi connectivity index (χ3n) is 4.68. The zero-order valence-corrected chi connectivity index (χ0v) is 15.9. The van der Waals surface area contributed by atoms with Crippen molar-refractivity contribution < 1.29 is 4.39 Å². The van der Waals surface area contributed by atoms with Gasteiger partial charge in [-0.15, -0.1) is 0 Å². The number of nitrogens with zero attached hydrogens (tertiary/aromatic N) is 4. The Balaban J connectivity index is 1.64. The molecule has 0 spiro atoms. The van der Waals surface area contributed by atoms with Crippen LogP contribution in [0.1, 0.15) is 16.8 Å². The van der Waals surface area contributed by atoms with Crippen LogP contribution in [0.4, 0.5) is 16.0 Å². The van der Waals surface area contributed by atoms with Crippen LogP contribution in [0.2, 0.25) is 0 Å². The molecule has 5 nitrogen and oxygen atoms in total. The van der Waals surface area contributed by atoms with Gasteiger partial charge in [0, 0.05) is 23.6 Å². The van der Waals surface area contributed by atoms with Crippen molar-refractivity contribution in [3.05, 3.63) is 83.6 Å². The molecule has 0 aliphatic carbocycles. The summed E-state index contributed by atoms with van der Waals surface area (Å²) in [5.74, 6) is 0.250. The van der Waals surface area contributed by atoms with Gasteiger partial charge in [0.25, 0.3) is 0 Å². The summed E-state index contributed by atoms with van der Waals surface area (Å²) in [6, 6.07) is 14.2. The number of anilines is 2. The van der Waals surface area contributed by atoms with Crippen molar-refractivity contribution in [3.63, 3.8) is 0 Å². The Labute approximate surface area is 162 Å². The summed E-state index contributed by atoms with van der Waals surface area (Å²) in [7, 11) is 0. The summed E-state index contributed by atoms with van der Waals surface area (Å²) in [5, 5.41) is 7.79. The van der Waals surface area contributed by atoms with Crippen molar-refractivity contribution in [1.82, 2.24) is 19.7 Å². The Morgan fingerprint density at radius 1 is 0.929 bits per heavy atom. The number of aryl methyl sites for hydroxylation is 3. The van der Waals surface area contributed by atoms with E-state index >= 15 is 0 Å². The maximum atomic E-state index is 13.2. The minimum atomic E-state index is -0.272. The molecule has 28 heavy (non-hydrogen) atoms. The van der Waals surface area contributed by atoms with Gasteiger partial charge in [-0.3, -0.25) is 0 Å². The molecule has 4 aromatic rings. The number of benzene rings is 2. The highest BCUT2D eigenvalue weighted by molar-refractivity contribution is 5.64. The second-order valence-corrected chi connectivity index (χ2v) is 6.74. The molecule has 1 N–H and O–H groups in total. The molecule has 0 radical (unpaired) electrons. The molecule has 140 valence electrons. The summed E-state index contributed by atoms with van der Waals surface area (Å²) in [6.45, 7) is 6.08. The lowest BCUT2D eigenvalue weighted by Crippen LogP contribution is -1.98. The third kappa shape index (κ3) is 3.62. The van der Waals surface area contributed by atoms with Gasteiger partial charge in [0.1, 0.15) is 5.82 Å². The predicted octanol–water partition coefficient (Wildman–Crippen LogP) is 5.14. The minimum Gasteiger partial charge on any atom is -0.324 e. The molecule has 0 unspecified atom stereocenters. The topological polar surface area (TPSA) is 55.6 Å². The Hall–Kier alpha value is -3.54. The molecule has 0 saturated heterocycles. The first kappa shape index (κ1) is 17.9. The Kier molecular flexibility index (Phi) is 4.61. The monoisotopic (exact) mass is 373 g/mol. The molecule has 2 aromatic carbocycles. The minimum absolute atomic E-state index is 0.272.